The summed E-state index contributed by atoms with van der Waals surface area (Å²) in [5.74, 6) is 0.404. The van der Waals surface area contributed by atoms with Crippen LogP contribution in [0.3, 0.4) is 0 Å². The number of carbonyl (C=O) groups is 1. The monoisotopic (exact) mass is 474 g/mol. The number of hydrogen-bond acceptors (Lipinski definition) is 2. The van der Waals surface area contributed by atoms with Crippen molar-refractivity contribution in [3.8, 4) is 0 Å². The lowest BCUT2D eigenvalue weighted by Crippen LogP contribution is -2.41. The van der Waals surface area contributed by atoms with Gasteiger partial charge in [0, 0.05) is 28.2 Å². The lowest BCUT2D eigenvalue weighted by atomic mass is 9.75. The molecule has 0 bridgehead atoms. The van der Waals surface area contributed by atoms with E-state index in [9.17, 15) is 18.0 Å². The van der Waals surface area contributed by atoms with Crippen molar-refractivity contribution in [2.24, 2.45) is 5.92 Å². The van der Waals surface area contributed by atoms with Gasteiger partial charge in [-0.1, -0.05) is 18.5 Å². The van der Waals surface area contributed by atoms with E-state index in [4.69, 9.17) is 11.6 Å². The number of aromatic nitrogens is 1. The van der Waals surface area contributed by atoms with Crippen molar-refractivity contribution in [3.63, 3.8) is 0 Å². The number of rotatable bonds is 5. The summed E-state index contributed by atoms with van der Waals surface area (Å²) >= 11 is 5.91. The maximum atomic E-state index is 13.3. The van der Waals surface area contributed by atoms with E-state index >= 15 is 0 Å². The van der Waals surface area contributed by atoms with Gasteiger partial charge in [0.2, 0.25) is 0 Å². The molecular weight excluding hydrogens is 449 g/mol. The molecule has 1 N–H and O–H groups in total. The summed E-state index contributed by atoms with van der Waals surface area (Å²) in [4.78, 5) is 16.9. The first-order valence-corrected chi connectivity index (χ1v) is 11.7. The highest BCUT2D eigenvalue weighted by Gasteiger charge is 2.32. The number of nitrogens with zero attached hydrogens (tertiary/aromatic N) is 1. The number of benzene rings is 2. The minimum atomic E-state index is -4.38. The Kier molecular flexibility index (Phi) is 6.94. The van der Waals surface area contributed by atoms with Crippen molar-refractivity contribution < 1.29 is 18.0 Å². The molecule has 0 radical (unpaired) electrons. The molecule has 0 aliphatic heterocycles. The van der Waals surface area contributed by atoms with Crippen LogP contribution in [0, 0.1) is 5.92 Å². The molecule has 0 saturated heterocycles. The molecule has 1 heterocycles. The SMILES string of the molecule is CCC(NC(=O)c1ccc(Cl)cc1)[C@H]1CC[C@H](c2ccnc3ccc(C(F)(F)F)cc32)CC1. The predicted molar refractivity (Wildman–Crippen MR) is 124 cm³/mol. The minimum absolute atomic E-state index is 0.0557. The van der Waals surface area contributed by atoms with Crippen LogP contribution in [0.4, 0.5) is 13.2 Å². The van der Waals surface area contributed by atoms with Gasteiger partial charge in [0.05, 0.1) is 11.1 Å². The Labute approximate surface area is 196 Å². The Morgan fingerprint density at radius 1 is 1.09 bits per heavy atom. The second-order valence-electron chi connectivity index (χ2n) is 8.74. The van der Waals surface area contributed by atoms with Crippen LogP contribution in [0.15, 0.2) is 54.7 Å². The van der Waals surface area contributed by atoms with Gasteiger partial charge >= 0.3 is 6.18 Å². The van der Waals surface area contributed by atoms with Crippen LogP contribution in [0.25, 0.3) is 10.9 Å². The van der Waals surface area contributed by atoms with E-state index in [1.54, 1.807) is 30.5 Å². The van der Waals surface area contributed by atoms with E-state index in [-0.39, 0.29) is 17.9 Å². The van der Waals surface area contributed by atoms with Gasteiger partial charge in [-0.05, 0) is 98.0 Å². The van der Waals surface area contributed by atoms with Crippen LogP contribution in [0.2, 0.25) is 5.02 Å². The second-order valence-corrected chi connectivity index (χ2v) is 9.17. The average molecular weight is 475 g/mol. The smallest absolute Gasteiger partial charge is 0.349 e. The van der Waals surface area contributed by atoms with Gasteiger partial charge in [0.25, 0.3) is 5.91 Å². The third kappa shape index (κ3) is 5.32. The first kappa shape index (κ1) is 23.6. The maximum absolute atomic E-state index is 13.3. The molecule has 0 spiro atoms. The number of halogens is 4. The molecule has 7 heteroatoms. The van der Waals surface area contributed by atoms with E-state index in [2.05, 4.69) is 17.2 Å². The molecule has 1 fully saturated rings. The maximum Gasteiger partial charge on any atom is 0.416 e. The molecule has 1 atom stereocenters. The lowest BCUT2D eigenvalue weighted by Gasteiger charge is -2.34. The van der Waals surface area contributed by atoms with Gasteiger partial charge in [-0.15, -0.1) is 0 Å². The molecule has 1 saturated carbocycles. The Bertz CT molecular complexity index is 1120. The standard InChI is InChI=1S/C26H26ClF3N2O/c1-2-23(32-25(33)18-7-10-20(27)11-8-18)17-5-3-16(4-6-17)21-13-14-31-24-12-9-19(15-22(21)24)26(28,29)30/h7-17,23H,2-6H2,1H3,(H,32,33)/t16-,17-,23?. The molecule has 1 aliphatic rings. The highest BCUT2D eigenvalue weighted by atomic mass is 35.5. The molecule has 1 unspecified atom stereocenters. The van der Waals surface area contributed by atoms with Crippen molar-refractivity contribution in [3.05, 3.63) is 76.4 Å². The van der Waals surface area contributed by atoms with Crippen LogP contribution >= 0.6 is 11.6 Å². The van der Waals surface area contributed by atoms with Crippen LogP contribution in [-0.4, -0.2) is 16.9 Å². The van der Waals surface area contributed by atoms with Crippen molar-refractivity contribution in [2.75, 3.05) is 0 Å². The fourth-order valence-electron chi connectivity index (χ4n) is 4.94. The minimum Gasteiger partial charge on any atom is -0.349 e. The first-order valence-electron chi connectivity index (χ1n) is 11.3. The number of pyridine rings is 1. The Morgan fingerprint density at radius 3 is 2.42 bits per heavy atom. The summed E-state index contributed by atoms with van der Waals surface area (Å²) in [5.41, 5.74) is 1.45. The van der Waals surface area contributed by atoms with Crippen molar-refractivity contribution in [2.45, 2.75) is 57.2 Å². The van der Waals surface area contributed by atoms with Crippen LogP contribution in [-0.2, 0) is 6.18 Å². The summed E-state index contributed by atoms with van der Waals surface area (Å²) in [7, 11) is 0. The Hall–Kier alpha value is -2.60. The van der Waals surface area contributed by atoms with Gasteiger partial charge < -0.3 is 5.32 Å². The average Bonchev–Trinajstić information content (AvgIpc) is 2.81. The van der Waals surface area contributed by atoms with E-state index in [1.807, 2.05) is 6.07 Å². The number of amides is 1. The molecule has 4 rings (SSSR count). The molecule has 1 aliphatic carbocycles. The number of carbonyl (C=O) groups excluding carboxylic acids is 1. The normalized spacial score (nSPS) is 19.9. The van der Waals surface area contributed by atoms with Crippen LogP contribution in [0.5, 0.6) is 0 Å². The molecular formula is C26H26ClF3N2O. The van der Waals surface area contributed by atoms with Crippen molar-refractivity contribution in [1.82, 2.24) is 10.3 Å². The largest absolute Gasteiger partial charge is 0.416 e. The van der Waals surface area contributed by atoms with Crippen LogP contribution < -0.4 is 5.32 Å². The summed E-state index contributed by atoms with van der Waals surface area (Å²) in [6.07, 6.45) is 1.68. The van der Waals surface area contributed by atoms with E-state index in [1.165, 1.54) is 12.1 Å². The Morgan fingerprint density at radius 2 is 1.79 bits per heavy atom. The van der Waals surface area contributed by atoms with Crippen molar-refractivity contribution >= 4 is 28.4 Å². The van der Waals surface area contributed by atoms with Crippen molar-refractivity contribution in [1.29, 1.82) is 0 Å². The number of nitrogens with one attached hydrogen (secondary N) is 1. The van der Waals surface area contributed by atoms with E-state index < -0.39 is 11.7 Å². The van der Waals surface area contributed by atoms with E-state index in [0.29, 0.717) is 27.4 Å². The fraction of sp³-hybridized carbons (Fsp3) is 0.385. The zero-order chi connectivity index (χ0) is 23.6. The number of hydrogen-bond donors (Lipinski definition) is 1. The number of alkyl halides is 3. The van der Waals surface area contributed by atoms with Gasteiger partial charge in [-0.2, -0.15) is 13.2 Å². The molecule has 2 aromatic carbocycles. The first-order chi connectivity index (χ1) is 15.8. The second kappa shape index (κ2) is 9.72. The summed E-state index contributed by atoms with van der Waals surface area (Å²) in [6.45, 7) is 2.06. The summed E-state index contributed by atoms with van der Waals surface area (Å²) < 4.78 is 39.8. The highest BCUT2D eigenvalue weighted by molar-refractivity contribution is 6.30. The van der Waals surface area contributed by atoms with Gasteiger partial charge in [-0.3, -0.25) is 9.78 Å². The van der Waals surface area contributed by atoms with Gasteiger partial charge in [-0.25, -0.2) is 0 Å². The zero-order valence-electron chi connectivity index (χ0n) is 18.3. The van der Waals surface area contributed by atoms with E-state index in [0.717, 1.165) is 43.7 Å². The predicted octanol–water partition coefficient (Wildman–Crippen LogP) is 7.39. The van der Waals surface area contributed by atoms with Crippen LogP contribution in [0.1, 0.15) is 66.4 Å². The molecule has 1 amide bonds. The Balaban J connectivity index is 1.46. The number of fused-ring (bicyclic) bond motifs is 1. The lowest BCUT2D eigenvalue weighted by molar-refractivity contribution is -0.137. The molecule has 3 nitrogen and oxygen atoms in total. The molecule has 33 heavy (non-hydrogen) atoms. The molecule has 1 aromatic heterocycles. The zero-order valence-corrected chi connectivity index (χ0v) is 19.1. The fourth-order valence-corrected chi connectivity index (χ4v) is 5.06. The quantitative estimate of drug-likeness (QED) is 0.419. The summed E-state index contributed by atoms with van der Waals surface area (Å²) in [6, 6.07) is 12.5. The third-order valence-corrected chi connectivity index (χ3v) is 7.00. The third-order valence-electron chi connectivity index (χ3n) is 6.75. The van der Waals surface area contributed by atoms with Gasteiger partial charge in [0.15, 0.2) is 0 Å². The van der Waals surface area contributed by atoms with Gasteiger partial charge in [0.1, 0.15) is 0 Å². The topological polar surface area (TPSA) is 42.0 Å². The highest BCUT2D eigenvalue weighted by Crippen LogP contribution is 2.41. The molecule has 174 valence electrons. The molecule has 3 aromatic rings. The summed E-state index contributed by atoms with van der Waals surface area (Å²) in [5, 5.41) is 4.33.